The molecule has 30 heavy (non-hydrogen) atoms. The van der Waals surface area contributed by atoms with Crippen molar-refractivity contribution in [2.45, 2.75) is 44.4 Å². The number of nitrogens with zero attached hydrogens (tertiary/aromatic N) is 3. The Bertz CT molecular complexity index is 934. The van der Waals surface area contributed by atoms with Gasteiger partial charge in [-0.1, -0.05) is 5.10 Å². The molecule has 0 bridgehead atoms. The van der Waals surface area contributed by atoms with E-state index in [4.69, 9.17) is 9.99 Å². The molecule has 0 aliphatic heterocycles. The van der Waals surface area contributed by atoms with Gasteiger partial charge in [0.25, 0.3) is 11.8 Å². The van der Waals surface area contributed by atoms with Crippen LogP contribution in [0.1, 0.15) is 59.0 Å². The van der Waals surface area contributed by atoms with Gasteiger partial charge in [0.2, 0.25) is 0 Å². The van der Waals surface area contributed by atoms with Crippen LogP contribution in [0.5, 0.6) is 6.01 Å². The number of aryl methyl sites for hydroxylation is 1. The minimum absolute atomic E-state index is 0.0431. The molecule has 1 saturated carbocycles. The number of carbonyl (C=O) groups is 2. The zero-order valence-electron chi connectivity index (χ0n) is 16.3. The number of ether oxygens (including phenoxy) is 1. The van der Waals surface area contributed by atoms with Gasteiger partial charge in [0.1, 0.15) is 5.82 Å². The second-order valence-electron chi connectivity index (χ2n) is 7.39. The van der Waals surface area contributed by atoms with Gasteiger partial charge in [-0.15, -0.1) is 9.83 Å². The predicted molar refractivity (Wildman–Crippen MR) is 102 cm³/mol. The van der Waals surface area contributed by atoms with Gasteiger partial charge >= 0.3 is 6.01 Å². The van der Waals surface area contributed by atoms with Crippen molar-refractivity contribution in [2.75, 3.05) is 25.1 Å². The molecule has 2 aromatic rings. The average Bonchev–Trinajstić information content (AvgIpc) is 3.41. The van der Waals surface area contributed by atoms with E-state index in [1.165, 1.54) is 0 Å². The molecule has 0 spiro atoms. The molecule has 2 aromatic heterocycles. The van der Waals surface area contributed by atoms with Gasteiger partial charge in [-0.25, -0.2) is 4.89 Å². The normalized spacial score (nSPS) is 15.5. The summed E-state index contributed by atoms with van der Waals surface area (Å²) in [4.78, 5) is 32.2. The van der Waals surface area contributed by atoms with Crippen LogP contribution < -0.4 is 15.4 Å². The number of fused-ring (bicyclic) bond motifs is 1. The predicted octanol–water partition coefficient (Wildman–Crippen LogP) is 0.837. The fraction of sp³-hybridized carbons (Fsp3) is 0.556. The molecule has 2 aliphatic carbocycles. The summed E-state index contributed by atoms with van der Waals surface area (Å²) < 4.78 is 6.04. The molecule has 2 amide bonds. The summed E-state index contributed by atoms with van der Waals surface area (Å²) in [5, 5.41) is 31.4. The van der Waals surface area contributed by atoms with E-state index in [0.717, 1.165) is 54.5 Å². The number of hydrogen-bond acceptors (Lipinski definition) is 8. The molecule has 12 heteroatoms. The smallest absolute Gasteiger partial charge is 0.351 e. The molecule has 4 rings (SSSR count). The van der Waals surface area contributed by atoms with Crippen molar-refractivity contribution < 1.29 is 29.7 Å². The van der Waals surface area contributed by atoms with Crippen molar-refractivity contribution in [2.24, 2.45) is 0 Å². The standard InChI is InChI=1S/C18H24N6O6/c25-13(9-29-18-23-22-16(24(18)27)10-5-6-10)21-15-14(17(26)19-7-8-30-28)11-3-1-2-4-12(11)20-15/h10,20,27-28H,1-9H2,(H,19,26)(H,21,25). The van der Waals surface area contributed by atoms with Crippen LogP contribution in [0, 0.1) is 0 Å². The number of hydrogen-bond donors (Lipinski definition) is 5. The summed E-state index contributed by atoms with van der Waals surface area (Å²) in [6.07, 6.45) is 5.35. The van der Waals surface area contributed by atoms with Crippen molar-refractivity contribution in [3.63, 3.8) is 0 Å². The third kappa shape index (κ3) is 4.24. The van der Waals surface area contributed by atoms with E-state index < -0.39 is 12.5 Å². The summed E-state index contributed by atoms with van der Waals surface area (Å²) >= 11 is 0. The lowest BCUT2D eigenvalue weighted by Crippen LogP contribution is -2.29. The van der Waals surface area contributed by atoms with Crippen LogP contribution in [0.2, 0.25) is 0 Å². The average molecular weight is 420 g/mol. The summed E-state index contributed by atoms with van der Waals surface area (Å²) in [6, 6.07) is -0.153. The lowest BCUT2D eigenvalue weighted by molar-refractivity contribution is -0.240. The second-order valence-corrected chi connectivity index (χ2v) is 7.39. The van der Waals surface area contributed by atoms with Crippen LogP contribution in [-0.2, 0) is 22.5 Å². The Hall–Kier alpha value is -3.12. The van der Waals surface area contributed by atoms with Crippen LogP contribution in [0.4, 0.5) is 5.82 Å². The molecule has 2 aliphatic rings. The highest BCUT2D eigenvalue weighted by atomic mass is 17.1. The van der Waals surface area contributed by atoms with Gasteiger partial charge in [-0.2, -0.15) is 0 Å². The molecule has 162 valence electrons. The van der Waals surface area contributed by atoms with E-state index in [1.807, 2.05) is 0 Å². The molecule has 0 aromatic carbocycles. The summed E-state index contributed by atoms with van der Waals surface area (Å²) in [5.74, 6) is 0.00990. The topological polar surface area (TPSA) is 164 Å². The monoisotopic (exact) mass is 420 g/mol. The zero-order chi connectivity index (χ0) is 21.1. The lowest BCUT2D eigenvalue weighted by Gasteiger charge is -2.12. The van der Waals surface area contributed by atoms with Crippen LogP contribution >= 0.6 is 0 Å². The second kappa shape index (κ2) is 8.71. The molecule has 1 fully saturated rings. The third-order valence-electron chi connectivity index (χ3n) is 5.18. The number of carbonyl (C=O) groups excluding carboxylic acids is 2. The summed E-state index contributed by atoms with van der Waals surface area (Å²) in [5.41, 5.74) is 2.17. The Morgan fingerprint density at radius 1 is 1.23 bits per heavy atom. The number of aromatic amines is 1. The number of rotatable bonds is 9. The Morgan fingerprint density at radius 3 is 2.80 bits per heavy atom. The molecule has 0 unspecified atom stereocenters. The number of nitrogens with one attached hydrogen (secondary N) is 3. The third-order valence-corrected chi connectivity index (χ3v) is 5.18. The van der Waals surface area contributed by atoms with Crippen molar-refractivity contribution in [1.82, 2.24) is 25.2 Å². The van der Waals surface area contributed by atoms with Crippen molar-refractivity contribution in [1.29, 1.82) is 0 Å². The summed E-state index contributed by atoms with van der Waals surface area (Å²) in [7, 11) is 0. The highest BCUT2D eigenvalue weighted by Crippen LogP contribution is 2.39. The van der Waals surface area contributed by atoms with E-state index in [9.17, 15) is 14.8 Å². The molecule has 0 radical (unpaired) electrons. The molecule has 0 saturated heterocycles. The van der Waals surface area contributed by atoms with Crippen molar-refractivity contribution in [3.05, 3.63) is 22.6 Å². The first-order valence-electron chi connectivity index (χ1n) is 9.94. The Labute approximate surface area is 171 Å². The first-order valence-corrected chi connectivity index (χ1v) is 9.94. The van der Waals surface area contributed by atoms with E-state index in [0.29, 0.717) is 17.2 Å². The van der Waals surface area contributed by atoms with Gasteiger partial charge < -0.3 is 25.6 Å². The molecular formula is C18H24N6O6. The van der Waals surface area contributed by atoms with E-state index in [2.05, 4.69) is 30.7 Å². The van der Waals surface area contributed by atoms with Crippen molar-refractivity contribution in [3.8, 4) is 6.01 Å². The minimum atomic E-state index is -0.516. The number of aromatic nitrogens is 4. The highest BCUT2D eigenvalue weighted by molar-refractivity contribution is 6.04. The largest absolute Gasteiger partial charge is 0.451 e. The van der Waals surface area contributed by atoms with Gasteiger partial charge in [0.05, 0.1) is 12.2 Å². The number of amides is 2. The van der Waals surface area contributed by atoms with Crippen LogP contribution in [0.3, 0.4) is 0 Å². The van der Waals surface area contributed by atoms with Gasteiger partial charge in [-0.05, 0) is 44.1 Å². The Balaban J connectivity index is 1.43. The van der Waals surface area contributed by atoms with Crippen molar-refractivity contribution >= 4 is 17.6 Å². The number of H-pyrrole nitrogens is 1. The van der Waals surface area contributed by atoms with Crippen LogP contribution in [0.25, 0.3) is 0 Å². The molecule has 5 N–H and O–H groups in total. The van der Waals surface area contributed by atoms with Gasteiger partial charge in [0, 0.05) is 18.2 Å². The number of anilines is 1. The molecule has 2 heterocycles. The van der Waals surface area contributed by atoms with E-state index >= 15 is 0 Å². The summed E-state index contributed by atoms with van der Waals surface area (Å²) in [6.45, 7) is -0.327. The minimum Gasteiger partial charge on any atom is -0.451 e. The Morgan fingerprint density at radius 2 is 2.03 bits per heavy atom. The first-order chi connectivity index (χ1) is 14.6. The molecule has 12 nitrogen and oxygen atoms in total. The van der Waals surface area contributed by atoms with E-state index in [-0.39, 0.29) is 31.0 Å². The van der Waals surface area contributed by atoms with Gasteiger partial charge in [-0.3, -0.25) is 14.8 Å². The maximum absolute atomic E-state index is 12.6. The lowest BCUT2D eigenvalue weighted by atomic mass is 9.94. The maximum Gasteiger partial charge on any atom is 0.351 e. The quantitative estimate of drug-likeness (QED) is 0.172. The van der Waals surface area contributed by atoms with Crippen LogP contribution in [0.15, 0.2) is 0 Å². The molecule has 0 atom stereocenters. The highest BCUT2D eigenvalue weighted by Gasteiger charge is 2.31. The fourth-order valence-corrected chi connectivity index (χ4v) is 3.59. The van der Waals surface area contributed by atoms with Gasteiger partial charge in [0.15, 0.2) is 12.4 Å². The SMILES string of the molecule is O=C(COc1nnc(C2CC2)n1O)Nc1[nH]c2c(c1C(=O)NCCOO)CCCC2. The molecular weight excluding hydrogens is 396 g/mol. The maximum atomic E-state index is 12.6. The fourth-order valence-electron chi connectivity index (χ4n) is 3.59. The zero-order valence-corrected chi connectivity index (χ0v) is 16.3. The Kier molecular flexibility index (Phi) is 5.86. The van der Waals surface area contributed by atoms with E-state index in [1.54, 1.807) is 0 Å². The van der Waals surface area contributed by atoms with Crippen LogP contribution in [-0.4, -0.2) is 61.9 Å². The first kappa shape index (κ1) is 20.2.